The number of hydrogen-bond acceptors (Lipinski definition) is 4. The Morgan fingerprint density at radius 3 is 2.65 bits per heavy atom. The van der Waals surface area contributed by atoms with Gasteiger partial charge >= 0.3 is 0 Å². The van der Waals surface area contributed by atoms with Gasteiger partial charge in [0.1, 0.15) is 5.82 Å². The first-order valence-corrected chi connectivity index (χ1v) is 9.74. The van der Waals surface area contributed by atoms with E-state index < -0.39 is 9.84 Å². The first-order valence-electron chi connectivity index (χ1n) is 8.02. The van der Waals surface area contributed by atoms with Gasteiger partial charge in [0.25, 0.3) is 0 Å². The van der Waals surface area contributed by atoms with E-state index in [4.69, 9.17) is 0 Å². The van der Waals surface area contributed by atoms with Crippen LogP contribution in [0.4, 0.5) is 0 Å². The van der Waals surface area contributed by atoms with Crippen LogP contribution in [-0.4, -0.2) is 35.5 Å². The maximum Gasteiger partial charge on any atom is 0.154 e. The van der Waals surface area contributed by atoms with E-state index in [1.54, 1.807) is 6.20 Å². The van der Waals surface area contributed by atoms with Crippen molar-refractivity contribution in [3.8, 4) is 5.69 Å². The van der Waals surface area contributed by atoms with E-state index >= 15 is 0 Å². The van der Waals surface area contributed by atoms with Crippen LogP contribution in [0.1, 0.15) is 37.2 Å². The summed E-state index contributed by atoms with van der Waals surface area (Å²) in [5, 5.41) is 3.14. The summed E-state index contributed by atoms with van der Waals surface area (Å²) in [5.74, 6) is 1.29. The van der Waals surface area contributed by atoms with Crippen LogP contribution < -0.4 is 5.32 Å². The molecule has 2 atom stereocenters. The fourth-order valence-electron chi connectivity index (χ4n) is 3.09. The van der Waals surface area contributed by atoms with E-state index in [1.165, 1.54) is 0 Å². The van der Waals surface area contributed by atoms with Crippen LogP contribution in [0.2, 0.25) is 0 Å². The van der Waals surface area contributed by atoms with E-state index in [1.807, 2.05) is 17.7 Å². The summed E-state index contributed by atoms with van der Waals surface area (Å²) >= 11 is 0. The van der Waals surface area contributed by atoms with Crippen molar-refractivity contribution in [1.82, 2.24) is 14.9 Å². The smallest absolute Gasteiger partial charge is 0.154 e. The van der Waals surface area contributed by atoms with Crippen LogP contribution >= 0.6 is 0 Å². The Bertz CT molecular complexity index is 765. The van der Waals surface area contributed by atoms with Gasteiger partial charge in [-0.1, -0.05) is 12.1 Å². The van der Waals surface area contributed by atoms with Crippen molar-refractivity contribution >= 4 is 9.84 Å². The van der Waals surface area contributed by atoms with Crippen molar-refractivity contribution in [3.63, 3.8) is 0 Å². The normalized spacial score (nSPS) is 21.4. The highest BCUT2D eigenvalue weighted by Crippen LogP contribution is 2.21. The Hall–Kier alpha value is -1.66. The molecule has 3 rings (SSSR count). The van der Waals surface area contributed by atoms with Crippen molar-refractivity contribution in [2.75, 3.05) is 12.3 Å². The Balaban J connectivity index is 1.64. The minimum Gasteiger partial charge on any atom is -0.309 e. The summed E-state index contributed by atoms with van der Waals surface area (Å²) in [4.78, 5) is 4.23. The highest BCUT2D eigenvalue weighted by Gasteiger charge is 2.31. The molecule has 124 valence electrons. The number of sulfone groups is 1. The average molecular weight is 333 g/mol. The second kappa shape index (κ2) is 6.45. The molecule has 1 N–H and O–H groups in total. The van der Waals surface area contributed by atoms with E-state index in [2.05, 4.69) is 41.5 Å². The SMILES string of the molecule is Cc1nccn1-c1ccc([C@H](C)NC[C@@H]2CCCS2(=O)=O)cc1. The quantitative estimate of drug-likeness (QED) is 0.913. The molecule has 0 amide bonds. The van der Waals surface area contributed by atoms with Crippen LogP contribution in [0.15, 0.2) is 36.7 Å². The number of aryl methyl sites for hydroxylation is 1. The maximum absolute atomic E-state index is 11.9. The minimum absolute atomic E-state index is 0.128. The second-order valence-corrected chi connectivity index (χ2v) is 8.60. The number of hydrogen-bond donors (Lipinski definition) is 1. The Morgan fingerprint density at radius 1 is 1.35 bits per heavy atom. The maximum atomic E-state index is 11.9. The van der Waals surface area contributed by atoms with Gasteiger partial charge in [-0.3, -0.25) is 0 Å². The molecule has 0 radical (unpaired) electrons. The third kappa shape index (κ3) is 3.48. The molecule has 1 aromatic carbocycles. The molecule has 5 nitrogen and oxygen atoms in total. The van der Waals surface area contributed by atoms with Crippen LogP contribution in [0, 0.1) is 6.92 Å². The highest BCUT2D eigenvalue weighted by atomic mass is 32.2. The number of nitrogens with one attached hydrogen (secondary N) is 1. The standard InChI is InChI=1S/C17H23N3O2S/c1-13(19-12-17-4-3-11-23(17,21)22)15-5-7-16(8-6-15)20-10-9-18-14(20)2/h5-10,13,17,19H,3-4,11-12H2,1-2H3/t13-,17-/m0/s1. The largest absolute Gasteiger partial charge is 0.309 e. The molecule has 1 aliphatic rings. The molecule has 0 saturated carbocycles. The molecule has 2 aromatic rings. The van der Waals surface area contributed by atoms with Crippen molar-refractivity contribution < 1.29 is 8.42 Å². The average Bonchev–Trinajstić information content (AvgIpc) is 3.10. The number of nitrogens with zero attached hydrogens (tertiary/aromatic N) is 2. The Labute approximate surface area is 137 Å². The zero-order valence-corrected chi connectivity index (χ0v) is 14.4. The fraction of sp³-hybridized carbons (Fsp3) is 0.471. The lowest BCUT2D eigenvalue weighted by Gasteiger charge is -2.18. The van der Waals surface area contributed by atoms with Crippen LogP contribution in [0.25, 0.3) is 5.69 Å². The highest BCUT2D eigenvalue weighted by molar-refractivity contribution is 7.92. The molecule has 0 aliphatic carbocycles. The summed E-state index contributed by atoms with van der Waals surface area (Å²) in [6.45, 7) is 4.57. The van der Waals surface area contributed by atoms with Gasteiger partial charge in [-0.05, 0) is 44.4 Å². The molecular formula is C17H23N3O2S. The lowest BCUT2D eigenvalue weighted by Crippen LogP contribution is -2.32. The lowest BCUT2D eigenvalue weighted by atomic mass is 10.1. The van der Waals surface area contributed by atoms with E-state index in [0.717, 1.165) is 29.9 Å². The van der Waals surface area contributed by atoms with Crippen LogP contribution in [-0.2, 0) is 9.84 Å². The summed E-state index contributed by atoms with van der Waals surface area (Å²) < 4.78 is 25.8. The molecular weight excluding hydrogens is 310 g/mol. The predicted octanol–water partition coefficient (Wildman–Crippen LogP) is 2.41. The van der Waals surface area contributed by atoms with E-state index in [-0.39, 0.29) is 11.3 Å². The molecule has 0 spiro atoms. The van der Waals surface area contributed by atoms with Crippen molar-refractivity contribution in [1.29, 1.82) is 0 Å². The molecule has 1 fully saturated rings. The molecule has 0 bridgehead atoms. The molecule has 0 unspecified atom stereocenters. The molecule has 2 heterocycles. The molecule has 23 heavy (non-hydrogen) atoms. The molecule has 1 aliphatic heterocycles. The lowest BCUT2D eigenvalue weighted by molar-refractivity contribution is 0.538. The third-order valence-electron chi connectivity index (χ3n) is 4.61. The van der Waals surface area contributed by atoms with E-state index in [9.17, 15) is 8.42 Å². The van der Waals surface area contributed by atoms with Crippen LogP contribution in [0.5, 0.6) is 0 Å². The summed E-state index contributed by atoms with van der Waals surface area (Å²) in [6, 6.07) is 8.41. The van der Waals surface area contributed by atoms with Crippen molar-refractivity contribution in [2.24, 2.45) is 0 Å². The van der Waals surface area contributed by atoms with Crippen molar-refractivity contribution in [3.05, 3.63) is 48.0 Å². The Morgan fingerprint density at radius 2 is 2.09 bits per heavy atom. The zero-order valence-electron chi connectivity index (χ0n) is 13.6. The van der Waals surface area contributed by atoms with E-state index in [0.29, 0.717) is 12.3 Å². The third-order valence-corrected chi connectivity index (χ3v) is 6.89. The van der Waals surface area contributed by atoms with Gasteiger partial charge in [-0.15, -0.1) is 0 Å². The summed E-state index contributed by atoms with van der Waals surface area (Å²) in [6.07, 6.45) is 5.30. The zero-order chi connectivity index (χ0) is 16.4. The van der Waals surface area contributed by atoms with Gasteiger partial charge in [0, 0.05) is 30.7 Å². The summed E-state index contributed by atoms with van der Waals surface area (Å²) in [5.41, 5.74) is 2.23. The number of benzene rings is 1. The number of aromatic nitrogens is 2. The monoisotopic (exact) mass is 333 g/mol. The van der Waals surface area contributed by atoms with Gasteiger partial charge in [0.05, 0.1) is 11.0 Å². The van der Waals surface area contributed by atoms with Gasteiger partial charge < -0.3 is 9.88 Å². The predicted molar refractivity (Wildman–Crippen MR) is 91.5 cm³/mol. The molecule has 6 heteroatoms. The minimum atomic E-state index is -2.88. The Kier molecular flexibility index (Phi) is 4.55. The number of rotatable bonds is 5. The summed E-state index contributed by atoms with van der Waals surface area (Å²) in [7, 11) is -2.88. The van der Waals surface area contributed by atoms with Crippen LogP contribution in [0.3, 0.4) is 0 Å². The van der Waals surface area contributed by atoms with Gasteiger partial charge in [0.2, 0.25) is 0 Å². The van der Waals surface area contributed by atoms with Gasteiger partial charge in [0.15, 0.2) is 9.84 Å². The van der Waals surface area contributed by atoms with Gasteiger partial charge in [-0.25, -0.2) is 13.4 Å². The van der Waals surface area contributed by atoms with Crippen molar-refractivity contribution in [2.45, 2.75) is 38.0 Å². The first-order chi connectivity index (χ1) is 11.0. The first kappa shape index (κ1) is 16.2. The second-order valence-electron chi connectivity index (χ2n) is 6.20. The topological polar surface area (TPSA) is 64.0 Å². The van der Waals surface area contributed by atoms with Gasteiger partial charge in [-0.2, -0.15) is 0 Å². The molecule has 1 saturated heterocycles. The molecule has 1 aromatic heterocycles. The fourth-order valence-corrected chi connectivity index (χ4v) is 4.87. The number of imidazole rings is 1.